The molecule has 0 amide bonds. The van der Waals surface area contributed by atoms with E-state index in [2.05, 4.69) is 0 Å². The van der Waals surface area contributed by atoms with Crippen LogP contribution in [0.25, 0.3) is 0 Å². The van der Waals surface area contributed by atoms with Crippen LogP contribution in [0.4, 0.5) is 0 Å². The Kier molecular flexibility index (Phi) is 4.56. The van der Waals surface area contributed by atoms with E-state index in [4.69, 9.17) is 15.6 Å². The van der Waals surface area contributed by atoms with Gasteiger partial charge < -0.3 is 15.6 Å². The third kappa shape index (κ3) is 4.04. The first kappa shape index (κ1) is 14.0. The number of hydrogen-bond donors (Lipinski definition) is 2. The molecule has 1 saturated carbocycles. The van der Waals surface area contributed by atoms with Gasteiger partial charge in [0.05, 0.1) is 19.6 Å². The van der Waals surface area contributed by atoms with Crippen molar-refractivity contribution in [3.63, 3.8) is 0 Å². The summed E-state index contributed by atoms with van der Waals surface area (Å²) in [5, 5.41) is 8.87. The molecule has 0 unspecified atom stereocenters. The molecule has 4 heteroatoms. The lowest BCUT2D eigenvalue weighted by molar-refractivity contribution is -0.136. The summed E-state index contributed by atoms with van der Waals surface area (Å²) in [6.07, 6.45) is 4.42. The maximum atomic E-state index is 10.8. The molecule has 0 atom stereocenters. The van der Waals surface area contributed by atoms with Gasteiger partial charge in [0, 0.05) is 5.54 Å². The first-order valence-electron chi connectivity index (χ1n) is 6.74. The van der Waals surface area contributed by atoms with Crippen molar-refractivity contribution >= 4 is 5.97 Å². The van der Waals surface area contributed by atoms with Gasteiger partial charge in [-0.25, -0.2) is 0 Å². The number of nitrogens with two attached hydrogens (primary N) is 1. The van der Waals surface area contributed by atoms with Crippen molar-refractivity contribution in [3.05, 3.63) is 35.4 Å². The number of carboxylic acid groups (broad SMARTS) is 1. The molecular weight excluding hydrogens is 242 g/mol. The van der Waals surface area contributed by atoms with E-state index >= 15 is 0 Å². The van der Waals surface area contributed by atoms with Crippen LogP contribution in [0.2, 0.25) is 0 Å². The fourth-order valence-corrected chi connectivity index (χ4v) is 2.62. The molecule has 3 N–H and O–H groups in total. The average molecular weight is 263 g/mol. The summed E-state index contributed by atoms with van der Waals surface area (Å²) in [4.78, 5) is 10.8. The van der Waals surface area contributed by atoms with E-state index in [1.165, 1.54) is 12.8 Å². The topological polar surface area (TPSA) is 72.5 Å². The summed E-state index contributed by atoms with van der Waals surface area (Å²) in [7, 11) is 0. The summed E-state index contributed by atoms with van der Waals surface area (Å²) in [5.74, 6) is -0.821. The van der Waals surface area contributed by atoms with Crippen LogP contribution >= 0.6 is 0 Å². The lowest BCUT2D eigenvalue weighted by Gasteiger charge is -2.23. The average Bonchev–Trinajstić information content (AvgIpc) is 2.78. The highest BCUT2D eigenvalue weighted by Gasteiger charge is 2.29. The molecule has 0 bridgehead atoms. The number of hydrogen-bond acceptors (Lipinski definition) is 3. The van der Waals surface area contributed by atoms with Gasteiger partial charge in [-0.2, -0.15) is 0 Å². The third-order valence-corrected chi connectivity index (χ3v) is 3.71. The zero-order valence-electron chi connectivity index (χ0n) is 11.1. The lowest BCUT2D eigenvalue weighted by atomic mass is 10.0. The maximum Gasteiger partial charge on any atom is 0.307 e. The monoisotopic (exact) mass is 263 g/mol. The van der Waals surface area contributed by atoms with Crippen molar-refractivity contribution in [1.29, 1.82) is 0 Å². The molecule has 0 aromatic heterocycles. The molecule has 0 heterocycles. The molecule has 0 radical (unpaired) electrons. The van der Waals surface area contributed by atoms with Crippen molar-refractivity contribution in [2.45, 2.75) is 44.2 Å². The number of ether oxygens (including phenoxy) is 1. The molecule has 1 fully saturated rings. The van der Waals surface area contributed by atoms with Gasteiger partial charge in [0.1, 0.15) is 0 Å². The quantitative estimate of drug-likeness (QED) is 0.824. The number of carboxylic acids is 1. The smallest absolute Gasteiger partial charge is 0.307 e. The lowest BCUT2D eigenvalue weighted by Crippen LogP contribution is -2.41. The Bertz CT molecular complexity index is 439. The molecule has 0 aliphatic heterocycles. The normalized spacial score (nSPS) is 17.5. The first-order valence-corrected chi connectivity index (χ1v) is 6.74. The summed E-state index contributed by atoms with van der Waals surface area (Å²) >= 11 is 0. The van der Waals surface area contributed by atoms with Crippen LogP contribution in [0.3, 0.4) is 0 Å². The van der Waals surface area contributed by atoms with Gasteiger partial charge in [-0.15, -0.1) is 0 Å². The predicted molar refractivity (Wildman–Crippen MR) is 72.8 cm³/mol. The van der Waals surface area contributed by atoms with Crippen LogP contribution in [0, 0.1) is 0 Å². The van der Waals surface area contributed by atoms with Gasteiger partial charge in [-0.1, -0.05) is 37.1 Å². The summed E-state index contributed by atoms with van der Waals surface area (Å²) in [5.41, 5.74) is 7.79. The molecule has 1 aromatic rings. The van der Waals surface area contributed by atoms with Crippen LogP contribution in [-0.2, 0) is 22.6 Å². The summed E-state index contributed by atoms with van der Waals surface area (Å²) in [6, 6.07) is 7.50. The second-order valence-electron chi connectivity index (χ2n) is 5.40. The minimum absolute atomic E-state index is 0.0350. The van der Waals surface area contributed by atoms with Gasteiger partial charge in [0.15, 0.2) is 0 Å². The van der Waals surface area contributed by atoms with Crippen LogP contribution in [-0.4, -0.2) is 23.2 Å². The highest BCUT2D eigenvalue weighted by Crippen LogP contribution is 2.27. The number of benzene rings is 1. The van der Waals surface area contributed by atoms with E-state index in [9.17, 15) is 4.79 Å². The van der Waals surface area contributed by atoms with Crippen LogP contribution in [0.15, 0.2) is 24.3 Å². The largest absolute Gasteiger partial charge is 0.481 e. The van der Waals surface area contributed by atoms with E-state index in [1.807, 2.05) is 24.3 Å². The molecule has 19 heavy (non-hydrogen) atoms. The van der Waals surface area contributed by atoms with Crippen molar-refractivity contribution in [1.82, 2.24) is 0 Å². The zero-order valence-corrected chi connectivity index (χ0v) is 11.1. The van der Waals surface area contributed by atoms with Gasteiger partial charge in [0.2, 0.25) is 0 Å². The molecule has 4 nitrogen and oxygen atoms in total. The maximum absolute atomic E-state index is 10.8. The second-order valence-corrected chi connectivity index (χ2v) is 5.40. The fraction of sp³-hybridized carbons (Fsp3) is 0.533. The van der Waals surface area contributed by atoms with Crippen LogP contribution < -0.4 is 5.73 Å². The van der Waals surface area contributed by atoms with E-state index in [-0.39, 0.29) is 12.0 Å². The first-order chi connectivity index (χ1) is 9.09. The Labute approximate surface area is 113 Å². The molecule has 1 aromatic carbocycles. The molecule has 1 aliphatic rings. The SMILES string of the molecule is NC1(COCc2ccccc2CC(=O)O)CCCC1. The standard InChI is InChI=1S/C15H21NO3/c16-15(7-3-4-8-15)11-19-10-13-6-2-1-5-12(13)9-14(17)18/h1-2,5-6H,3-4,7-11,16H2,(H,17,18). The van der Waals surface area contributed by atoms with E-state index in [0.717, 1.165) is 24.0 Å². The van der Waals surface area contributed by atoms with Crippen LogP contribution in [0.1, 0.15) is 36.8 Å². The summed E-state index contributed by atoms with van der Waals surface area (Å²) < 4.78 is 5.71. The Balaban J connectivity index is 1.90. The zero-order chi connectivity index (χ0) is 13.7. The predicted octanol–water partition coefficient (Wildman–Crippen LogP) is 2.10. The molecule has 0 spiro atoms. The van der Waals surface area contributed by atoms with Crippen molar-refractivity contribution in [3.8, 4) is 0 Å². The van der Waals surface area contributed by atoms with E-state index in [0.29, 0.717) is 13.2 Å². The highest BCUT2D eigenvalue weighted by atomic mass is 16.5. The van der Waals surface area contributed by atoms with Gasteiger partial charge >= 0.3 is 5.97 Å². The highest BCUT2D eigenvalue weighted by molar-refractivity contribution is 5.70. The Hall–Kier alpha value is -1.39. The Morgan fingerprint density at radius 2 is 1.89 bits per heavy atom. The van der Waals surface area contributed by atoms with E-state index < -0.39 is 5.97 Å². The molecule has 2 rings (SSSR count). The van der Waals surface area contributed by atoms with Crippen molar-refractivity contribution < 1.29 is 14.6 Å². The molecule has 104 valence electrons. The minimum atomic E-state index is -0.821. The number of aliphatic carboxylic acids is 1. The third-order valence-electron chi connectivity index (χ3n) is 3.71. The molecule has 1 aliphatic carbocycles. The Morgan fingerprint density at radius 1 is 1.26 bits per heavy atom. The number of rotatable bonds is 6. The minimum Gasteiger partial charge on any atom is -0.481 e. The molecule has 0 saturated heterocycles. The Morgan fingerprint density at radius 3 is 2.53 bits per heavy atom. The van der Waals surface area contributed by atoms with Gasteiger partial charge in [-0.05, 0) is 24.0 Å². The molecular formula is C15H21NO3. The van der Waals surface area contributed by atoms with Crippen molar-refractivity contribution in [2.75, 3.05) is 6.61 Å². The number of carbonyl (C=O) groups is 1. The summed E-state index contributed by atoms with van der Waals surface area (Å²) in [6.45, 7) is 0.983. The van der Waals surface area contributed by atoms with Gasteiger partial charge in [0.25, 0.3) is 0 Å². The van der Waals surface area contributed by atoms with E-state index in [1.54, 1.807) is 0 Å². The fourth-order valence-electron chi connectivity index (χ4n) is 2.62. The van der Waals surface area contributed by atoms with Crippen LogP contribution in [0.5, 0.6) is 0 Å². The van der Waals surface area contributed by atoms with Gasteiger partial charge in [-0.3, -0.25) is 4.79 Å². The van der Waals surface area contributed by atoms with Crippen molar-refractivity contribution in [2.24, 2.45) is 5.73 Å². The second kappa shape index (κ2) is 6.17.